The predicted octanol–water partition coefficient (Wildman–Crippen LogP) is -4.72. The monoisotopic (exact) mass is 403 g/mol. The molecule has 0 heterocycles. The Labute approximate surface area is 117 Å². The largest absolute Gasteiger partial charge is 1.00 e. The fourth-order valence-electron chi connectivity index (χ4n) is 1.16. The van der Waals surface area contributed by atoms with Crippen LogP contribution in [0.15, 0.2) is 16.7 Å². The van der Waals surface area contributed by atoms with Gasteiger partial charge in [-0.15, -0.1) is 6.92 Å². The average molecular weight is 403 g/mol. The summed E-state index contributed by atoms with van der Waals surface area (Å²) in [6, 6.07) is 0. The number of hydrogen-bond donors (Lipinski definition) is 0. The molecule has 0 spiro atoms. The third-order valence-corrected chi connectivity index (χ3v) is 2.24. The van der Waals surface area contributed by atoms with Crippen molar-refractivity contribution in [1.29, 1.82) is 0 Å². The van der Waals surface area contributed by atoms with Crippen LogP contribution in [0.1, 0.15) is 27.7 Å². The van der Waals surface area contributed by atoms with E-state index in [9.17, 15) is 0 Å². The van der Waals surface area contributed by atoms with Gasteiger partial charge in [-0.05, 0) is 11.0 Å². The second kappa shape index (κ2) is 9.69. The molecule has 0 aliphatic heterocycles. The summed E-state index contributed by atoms with van der Waals surface area (Å²) in [5, 5.41) is 0. The van der Waals surface area contributed by atoms with Crippen LogP contribution >= 0.6 is 0 Å². The maximum absolute atomic E-state index is 3.36. The number of allylic oxidation sites excluding steroid dienone is 4. The van der Waals surface area contributed by atoms with Gasteiger partial charge in [0.15, 0.2) is 0 Å². The Morgan fingerprint density at radius 3 is 1.54 bits per heavy atom. The van der Waals surface area contributed by atoms with E-state index in [1.807, 2.05) is 0 Å². The first-order chi connectivity index (χ1) is 4.13. The maximum Gasteiger partial charge on any atom is 0 e. The van der Waals surface area contributed by atoms with Crippen molar-refractivity contribution in [2.75, 3.05) is 0 Å². The minimum Gasteiger partial charge on any atom is -1.00 e. The van der Waals surface area contributed by atoms with Crippen molar-refractivity contribution in [2.45, 2.75) is 27.7 Å². The molecule has 78 valence electrons. The zero-order valence-electron chi connectivity index (χ0n) is 7.83. The van der Waals surface area contributed by atoms with E-state index in [0.717, 1.165) is 0 Å². The van der Waals surface area contributed by atoms with Gasteiger partial charge in [0.2, 0.25) is 0 Å². The average Bonchev–Trinajstić information content (AvgIpc) is 1.98. The van der Waals surface area contributed by atoms with Crippen LogP contribution in [0.2, 0.25) is 0 Å². The fourth-order valence-corrected chi connectivity index (χ4v) is 1.16. The predicted molar refractivity (Wildman–Crippen MR) is 51.3 cm³/mol. The van der Waals surface area contributed by atoms with Crippen LogP contribution < -0.4 is 24.8 Å². The van der Waals surface area contributed by atoms with Crippen molar-refractivity contribution in [3.63, 3.8) is 0 Å². The van der Waals surface area contributed by atoms with E-state index in [1.54, 1.807) is 0 Å². The standard InChI is InChI=1S/C9H13.2ClH.Hf.H4Si/c1-6-5-7(2)9(4)8(6)3;;;;/h6H,1-4H3;2*1H;;1H4/q-1;;;;/p-2. The summed E-state index contributed by atoms with van der Waals surface area (Å²) in [4.78, 5) is 0. The van der Waals surface area contributed by atoms with Gasteiger partial charge in [-0.25, -0.2) is 5.57 Å². The maximum atomic E-state index is 3.36. The molecule has 1 aliphatic rings. The molecular formula is C9H17Cl2HfSi-3. The van der Waals surface area contributed by atoms with Crippen molar-refractivity contribution in [1.82, 2.24) is 0 Å². The molecule has 4 heteroatoms. The van der Waals surface area contributed by atoms with Gasteiger partial charge in [0, 0.05) is 25.8 Å². The summed E-state index contributed by atoms with van der Waals surface area (Å²) in [5.74, 6) is 0.560. The molecule has 0 aromatic heterocycles. The molecule has 0 nitrogen and oxygen atoms in total. The Morgan fingerprint density at radius 2 is 1.46 bits per heavy atom. The molecule has 0 saturated carbocycles. The van der Waals surface area contributed by atoms with Crippen molar-refractivity contribution >= 4 is 11.0 Å². The van der Waals surface area contributed by atoms with Gasteiger partial charge in [-0.3, -0.25) is 6.08 Å². The summed E-state index contributed by atoms with van der Waals surface area (Å²) in [7, 11) is 0. The molecule has 0 bridgehead atoms. The molecular weight excluding hydrogens is 386 g/mol. The van der Waals surface area contributed by atoms with Gasteiger partial charge in [0.1, 0.15) is 0 Å². The molecule has 0 aromatic carbocycles. The van der Waals surface area contributed by atoms with E-state index in [0.29, 0.717) is 5.92 Å². The normalized spacial score (nSPS) is 18.8. The SMILES string of the molecule is CC1=[C-]C(C)C(C)=C1C.[Cl-].[Cl-].[Hf].[SiH4]. The molecule has 1 rings (SSSR count). The van der Waals surface area contributed by atoms with E-state index in [1.165, 1.54) is 16.7 Å². The van der Waals surface area contributed by atoms with Gasteiger partial charge in [-0.1, -0.05) is 26.7 Å². The van der Waals surface area contributed by atoms with Crippen LogP contribution in [0, 0.1) is 12.0 Å². The molecule has 1 unspecified atom stereocenters. The third-order valence-electron chi connectivity index (χ3n) is 2.24. The Hall–Kier alpha value is 1.15. The molecule has 0 N–H and O–H groups in total. The third kappa shape index (κ3) is 5.56. The van der Waals surface area contributed by atoms with Crippen molar-refractivity contribution in [3.8, 4) is 0 Å². The van der Waals surface area contributed by atoms with Gasteiger partial charge in [0.05, 0.1) is 0 Å². The topological polar surface area (TPSA) is 0 Å². The van der Waals surface area contributed by atoms with Gasteiger partial charge in [0.25, 0.3) is 0 Å². The second-order valence-corrected chi connectivity index (χ2v) is 2.80. The van der Waals surface area contributed by atoms with Crippen LogP contribution in [0.4, 0.5) is 0 Å². The van der Waals surface area contributed by atoms with Crippen molar-refractivity contribution < 1.29 is 50.7 Å². The number of halogens is 2. The van der Waals surface area contributed by atoms with Crippen LogP contribution in [-0.4, -0.2) is 11.0 Å². The minimum atomic E-state index is 0. The van der Waals surface area contributed by atoms with Crippen LogP contribution in [0.3, 0.4) is 0 Å². The van der Waals surface area contributed by atoms with E-state index < -0.39 is 0 Å². The molecule has 0 fully saturated rings. The zero-order valence-corrected chi connectivity index (χ0v) is 12.9. The van der Waals surface area contributed by atoms with E-state index in [2.05, 4.69) is 33.8 Å². The number of rotatable bonds is 0. The molecule has 1 atom stereocenters. The molecule has 0 amide bonds. The minimum absolute atomic E-state index is 0. The first-order valence-electron chi connectivity index (χ1n) is 3.40. The summed E-state index contributed by atoms with van der Waals surface area (Å²) in [5.41, 5.74) is 4.25. The van der Waals surface area contributed by atoms with Crippen LogP contribution in [0.25, 0.3) is 0 Å². The van der Waals surface area contributed by atoms with Gasteiger partial charge in [-0.2, -0.15) is 11.1 Å². The van der Waals surface area contributed by atoms with Gasteiger partial charge >= 0.3 is 0 Å². The molecule has 0 saturated heterocycles. The fraction of sp³-hybridized carbons (Fsp3) is 0.556. The van der Waals surface area contributed by atoms with Crippen LogP contribution in [0.5, 0.6) is 0 Å². The second-order valence-electron chi connectivity index (χ2n) is 2.80. The summed E-state index contributed by atoms with van der Waals surface area (Å²) in [6.45, 7) is 8.67. The van der Waals surface area contributed by atoms with E-state index >= 15 is 0 Å². The zero-order chi connectivity index (χ0) is 7.02. The molecule has 0 aromatic rings. The van der Waals surface area contributed by atoms with Gasteiger partial charge < -0.3 is 24.8 Å². The molecule has 0 radical (unpaired) electrons. The first kappa shape index (κ1) is 23.7. The van der Waals surface area contributed by atoms with Crippen LogP contribution in [-0.2, 0) is 25.8 Å². The Balaban J connectivity index is -0.000000101. The summed E-state index contributed by atoms with van der Waals surface area (Å²) >= 11 is 0. The molecule has 13 heavy (non-hydrogen) atoms. The van der Waals surface area contributed by atoms with Crippen molar-refractivity contribution in [3.05, 3.63) is 22.8 Å². The van der Waals surface area contributed by atoms with E-state index in [4.69, 9.17) is 0 Å². The smallest absolute Gasteiger partial charge is 0 e. The van der Waals surface area contributed by atoms with E-state index in [-0.39, 0.29) is 61.6 Å². The Bertz CT molecular complexity index is 200. The van der Waals surface area contributed by atoms with Crippen molar-refractivity contribution in [2.24, 2.45) is 5.92 Å². The summed E-state index contributed by atoms with van der Waals surface area (Å²) in [6.07, 6.45) is 3.36. The molecule has 1 aliphatic carbocycles. The Morgan fingerprint density at radius 1 is 1.08 bits per heavy atom. The quantitative estimate of drug-likeness (QED) is 0.282. The summed E-state index contributed by atoms with van der Waals surface area (Å²) < 4.78 is 0. The Kier molecular flexibility index (Phi) is 17.7. The number of hydrogen-bond acceptors (Lipinski definition) is 0. The first-order valence-corrected chi connectivity index (χ1v) is 3.40.